The van der Waals surface area contributed by atoms with Gasteiger partial charge in [0.1, 0.15) is 0 Å². The summed E-state index contributed by atoms with van der Waals surface area (Å²) in [5.41, 5.74) is 0. The molecule has 0 aliphatic heterocycles. The van der Waals surface area contributed by atoms with Crippen LogP contribution in [0, 0.1) is 17.8 Å². The topological polar surface area (TPSA) is 38.3 Å². The fourth-order valence-corrected chi connectivity index (χ4v) is 2.08. The summed E-state index contributed by atoms with van der Waals surface area (Å²) in [7, 11) is 0. The summed E-state index contributed by atoms with van der Waals surface area (Å²) >= 11 is 0. The molecule has 0 unspecified atom stereocenters. The predicted octanol–water partition coefficient (Wildman–Crippen LogP) is 1.72. The fraction of sp³-hybridized carbons (Fsp3) is 0.769. The van der Waals surface area contributed by atoms with Gasteiger partial charge in [-0.3, -0.25) is 4.79 Å². The van der Waals surface area contributed by atoms with E-state index in [9.17, 15) is 4.79 Å². The van der Waals surface area contributed by atoms with Gasteiger partial charge < -0.3 is 10.1 Å². The molecule has 0 bridgehead atoms. The highest BCUT2D eigenvalue weighted by Gasteiger charge is 2.26. The molecule has 1 aliphatic carbocycles. The van der Waals surface area contributed by atoms with Gasteiger partial charge in [-0.1, -0.05) is 5.92 Å². The molecule has 0 radical (unpaired) electrons. The van der Waals surface area contributed by atoms with E-state index in [0.717, 1.165) is 32.2 Å². The smallest absolute Gasteiger partial charge is 0.308 e. The van der Waals surface area contributed by atoms with E-state index >= 15 is 0 Å². The zero-order valence-corrected chi connectivity index (χ0v) is 10.2. The highest BCUT2D eigenvalue weighted by molar-refractivity contribution is 5.72. The van der Waals surface area contributed by atoms with Crippen molar-refractivity contribution in [3.8, 4) is 11.8 Å². The van der Waals surface area contributed by atoms with E-state index in [1.165, 1.54) is 0 Å². The molecule has 90 valence electrons. The van der Waals surface area contributed by atoms with E-state index in [1.54, 1.807) is 0 Å². The third-order valence-corrected chi connectivity index (χ3v) is 3.00. The lowest BCUT2D eigenvalue weighted by atomic mass is 9.86. The van der Waals surface area contributed by atoms with Crippen molar-refractivity contribution in [1.29, 1.82) is 0 Å². The first-order chi connectivity index (χ1) is 7.77. The van der Waals surface area contributed by atoms with Crippen LogP contribution in [0.5, 0.6) is 0 Å². The van der Waals surface area contributed by atoms with Gasteiger partial charge in [-0.15, -0.1) is 5.92 Å². The molecular formula is C13H21NO2. The van der Waals surface area contributed by atoms with Crippen molar-refractivity contribution in [3.05, 3.63) is 0 Å². The Kier molecular flexibility index (Phi) is 5.95. The molecule has 1 fully saturated rings. The average Bonchev–Trinajstić information content (AvgIpc) is 2.30. The van der Waals surface area contributed by atoms with Gasteiger partial charge in [-0.2, -0.15) is 0 Å². The van der Waals surface area contributed by atoms with Crippen LogP contribution < -0.4 is 5.32 Å². The lowest BCUT2D eigenvalue weighted by Gasteiger charge is -2.27. The second kappa shape index (κ2) is 7.29. The molecule has 3 heteroatoms. The molecule has 0 spiro atoms. The van der Waals surface area contributed by atoms with E-state index in [0.29, 0.717) is 12.6 Å². The summed E-state index contributed by atoms with van der Waals surface area (Å²) in [6.07, 6.45) is 3.98. The largest absolute Gasteiger partial charge is 0.466 e. The summed E-state index contributed by atoms with van der Waals surface area (Å²) in [6, 6.07) is 0.520. The summed E-state index contributed by atoms with van der Waals surface area (Å²) < 4.78 is 5.03. The second-order valence-corrected chi connectivity index (χ2v) is 4.11. The zero-order chi connectivity index (χ0) is 11.8. The molecule has 0 aromatic carbocycles. The van der Waals surface area contributed by atoms with Gasteiger partial charge in [0.2, 0.25) is 0 Å². The Morgan fingerprint density at radius 1 is 1.38 bits per heavy atom. The standard InChI is InChI=1S/C13H21NO2/c1-3-5-10-14-12-8-6-11(7-9-12)13(15)16-4-2/h11-12,14H,4,6-10H2,1-2H3. The van der Waals surface area contributed by atoms with E-state index in [2.05, 4.69) is 17.2 Å². The molecule has 1 saturated carbocycles. The van der Waals surface area contributed by atoms with Crippen LogP contribution in [0.15, 0.2) is 0 Å². The molecule has 0 atom stereocenters. The maximum Gasteiger partial charge on any atom is 0.308 e. The third kappa shape index (κ3) is 4.24. The minimum Gasteiger partial charge on any atom is -0.466 e. The molecule has 0 heterocycles. The van der Waals surface area contributed by atoms with E-state index in [4.69, 9.17) is 4.74 Å². The highest BCUT2D eigenvalue weighted by atomic mass is 16.5. The molecule has 0 aromatic rings. The fourth-order valence-electron chi connectivity index (χ4n) is 2.08. The van der Waals surface area contributed by atoms with Crippen molar-refractivity contribution in [2.75, 3.05) is 13.2 Å². The van der Waals surface area contributed by atoms with Gasteiger partial charge in [0.25, 0.3) is 0 Å². The monoisotopic (exact) mass is 223 g/mol. The van der Waals surface area contributed by atoms with Crippen molar-refractivity contribution in [3.63, 3.8) is 0 Å². The van der Waals surface area contributed by atoms with Crippen LogP contribution >= 0.6 is 0 Å². The Morgan fingerprint density at radius 3 is 2.62 bits per heavy atom. The molecule has 0 aromatic heterocycles. The first kappa shape index (κ1) is 13.1. The number of nitrogens with one attached hydrogen (secondary N) is 1. The number of esters is 1. The van der Waals surface area contributed by atoms with Crippen LogP contribution in [0.3, 0.4) is 0 Å². The van der Waals surface area contributed by atoms with Crippen LogP contribution in [0.2, 0.25) is 0 Å². The quantitative estimate of drug-likeness (QED) is 0.582. The number of hydrogen-bond acceptors (Lipinski definition) is 3. The molecule has 1 aliphatic rings. The summed E-state index contributed by atoms with van der Waals surface area (Å²) in [6.45, 7) is 4.95. The Hall–Kier alpha value is -1.01. The molecule has 1 N–H and O–H groups in total. The van der Waals surface area contributed by atoms with Gasteiger partial charge in [0.15, 0.2) is 0 Å². The van der Waals surface area contributed by atoms with Crippen LogP contribution in [0.4, 0.5) is 0 Å². The minimum absolute atomic E-state index is 0.0192. The van der Waals surface area contributed by atoms with Gasteiger partial charge in [-0.05, 0) is 39.5 Å². The number of ether oxygens (including phenoxy) is 1. The van der Waals surface area contributed by atoms with Crippen molar-refractivity contribution in [1.82, 2.24) is 5.32 Å². The molecule has 16 heavy (non-hydrogen) atoms. The first-order valence-electron chi connectivity index (χ1n) is 6.07. The lowest BCUT2D eigenvalue weighted by Crippen LogP contribution is -2.35. The van der Waals surface area contributed by atoms with Crippen molar-refractivity contribution < 1.29 is 9.53 Å². The maximum absolute atomic E-state index is 11.5. The van der Waals surface area contributed by atoms with Crippen molar-refractivity contribution >= 4 is 5.97 Å². The zero-order valence-electron chi connectivity index (χ0n) is 10.2. The predicted molar refractivity (Wildman–Crippen MR) is 63.8 cm³/mol. The Balaban J connectivity index is 2.22. The average molecular weight is 223 g/mol. The van der Waals surface area contributed by atoms with Crippen LogP contribution in [-0.4, -0.2) is 25.2 Å². The van der Waals surface area contributed by atoms with E-state index < -0.39 is 0 Å². The van der Waals surface area contributed by atoms with Gasteiger partial charge >= 0.3 is 5.97 Å². The van der Waals surface area contributed by atoms with E-state index in [-0.39, 0.29) is 11.9 Å². The van der Waals surface area contributed by atoms with Gasteiger partial charge in [0.05, 0.1) is 19.1 Å². The van der Waals surface area contributed by atoms with Crippen molar-refractivity contribution in [2.24, 2.45) is 5.92 Å². The molecule has 0 saturated heterocycles. The summed E-state index contributed by atoms with van der Waals surface area (Å²) in [4.78, 5) is 11.5. The summed E-state index contributed by atoms with van der Waals surface area (Å²) in [5, 5.41) is 3.39. The second-order valence-electron chi connectivity index (χ2n) is 4.11. The molecule has 0 amide bonds. The Bertz CT molecular complexity index is 269. The number of carbonyl (C=O) groups is 1. The van der Waals surface area contributed by atoms with Crippen LogP contribution in [0.25, 0.3) is 0 Å². The Morgan fingerprint density at radius 2 is 2.06 bits per heavy atom. The molecular weight excluding hydrogens is 202 g/mol. The third-order valence-electron chi connectivity index (χ3n) is 3.00. The lowest BCUT2D eigenvalue weighted by molar-refractivity contribution is -0.149. The van der Waals surface area contributed by atoms with Gasteiger partial charge in [-0.25, -0.2) is 0 Å². The highest BCUT2D eigenvalue weighted by Crippen LogP contribution is 2.25. The number of carbonyl (C=O) groups excluding carboxylic acids is 1. The van der Waals surface area contributed by atoms with Crippen LogP contribution in [-0.2, 0) is 9.53 Å². The van der Waals surface area contributed by atoms with E-state index in [1.807, 2.05) is 13.8 Å². The summed E-state index contributed by atoms with van der Waals surface area (Å²) in [5.74, 6) is 5.96. The Labute approximate surface area is 97.9 Å². The molecule has 1 rings (SSSR count). The maximum atomic E-state index is 11.5. The minimum atomic E-state index is -0.0192. The number of rotatable bonds is 4. The van der Waals surface area contributed by atoms with Crippen LogP contribution in [0.1, 0.15) is 39.5 Å². The SMILES string of the molecule is CC#CCNC1CCC(C(=O)OCC)CC1. The van der Waals surface area contributed by atoms with Gasteiger partial charge in [0, 0.05) is 6.04 Å². The normalized spacial score (nSPS) is 24.4. The molecule has 3 nitrogen and oxygen atoms in total. The number of hydrogen-bond donors (Lipinski definition) is 1. The first-order valence-corrected chi connectivity index (χ1v) is 6.07. The van der Waals surface area contributed by atoms with Crippen molar-refractivity contribution in [2.45, 2.75) is 45.6 Å².